The summed E-state index contributed by atoms with van der Waals surface area (Å²) in [5.41, 5.74) is -9.62. The van der Waals surface area contributed by atoms with Gasteiger partial charge in [0.15, 0.2) is 10.0 Å². The van der Waals surface area contributed by atoms with Gasteiger partial charge >= 0.3 is 27.6 Å². The number of benzene rings is 2. The highest BCUT2D eigenvalue weighted by molar-refractivity contribution is 7.87. The van der Waals surface area contributed by atoms with Gasteiger partial charge in [-0.3, -0.25) is 24.4 Å². The number of hydrogen-bond donors (Lipinski definition) is 2. The van der Waals surface area contributed by atoms with Crippen molar-refractivity contribution in [2.75, 3.05) is 13.2 Å². The van der Waals surface area contributed by atoms with Crippen LogP contribution < -0.4 is 9.47 Å². The third-order valence-corrected chi connectivity index (χ3v) is 7.35. The summed E-state index contributed by atoms with van der Waals surface area (Å²) < 4.78 is 77.4. The van der Waals surface area contributed by atoms with Crippen molar-refractivity contribution in [2.24, 2.45) is 0 Å². The number of ether oxygens (including phenoxy) is 2. The number of nitrogens with zero attached hydrogens (tertiary/aromatic N) is 2. The molecule has 2 aromatic carbocycles. The summed E-state index contributed by atoms with van der Waals surface area (Å²) in [7, 11) is -6.37. The van der Waals surface area contributed by atoms with Crippen molar-refractivity contribution in [1.29, 1.82) is 0 Å². The van der Waals surface area contributed by atoms with E-state index in [4.69, 9.17) is 32.7 Å². The number of rotatable bonds is 14. The highest BCUT2D eigenvalue weighted by Crippen LogP contribution is 2.44. The van der Waals surface area contributed by atoms with Crippen LogP contribution in [-0.2, 0) is 27.1 Å². The summed E-state index contributed by atoms with van der Waals surface area (Å²) in [6.07, 6.45) is -2.64. The first kappa shape index (κ1) is 35.3. The zero-order chi connectivity index (χ0) is 33.0. The van der Waals surface area contributed by atoms with E-state index in [1.54, 1.807) is 0 Å². The Morgan fingerprint density at radius 1 is 0.953 bits per heavy atom. The topological polar surface area (TPSA) is 223 Å². The number of carbonyl (C=O) groups is 2. The number of nitro benzene ring substituents is 2. The molecule has 1 atom stereocenters. The van der Waals surface area contributed by atoms with Crippen LogP contribution in [0.25, 0.3) is 0 Å². The van der Waals surface area contributed by atoms with Gasteiger partial charge in [-0.15, -0.1) is 0 Å². The van der Waals surface area contributed by atoms with Crippen LogP contribution in [0.5, 0.6) is 11.5 Å². The zero-order valence-corrected chi connectivity index (χ0v) is 24.0. The zero-order valence-electron chi connectivity index (χ0n) is 21.6. The van der Waals surface area contributed by atoms with Gasteiger partial charge < -0.3 is 19.7 Å². The smallest absolute Gasteiger partial charge is 0.489 e. The summed E-state index contributed by atoms with van der Waals surface area (Å²) in [4.78, 5) is 44.2. The van der Waals surface area contributed by atoms with Crippen molar-refractivity contribution < 1.29 is 64.9 Å². The number of hydrogen-bond acceptors (Lipinski definition) is 11. The summed E-state index contributed by atoms with van der Waals surface area (Å²) in [5.74, 6) is -4.75. The van der Waals surface area contributed by atoms with Crippen LogP contribution in [0.15, 0.2) is 12.1 Å². The Hall–Kier alpha value is -3.94. The largest absolute Gasteiger partial charge is 0.523 e. The Kier molecular flexibility index (Phi) is 11.1. The maximum absolute atomic E-state index is 13.1. The van der Waals surface area contributed by atoms with Gasteiger partial charge in [0.2, 0.25) is 0 Å². The standard InChI is InChI=1S/C22H19Cl2F3N2O13S/c1-3-11-15(21(32)33)12(4-2)19(17(24)18(11)29(36)37)41-8-10(42-43(38,39)22(25,26)27)7-40-14-6-9(20(30)31)5-13(16(14)23)28(34)35/h5-6,10H,3-4,7-8H2,1-2H3,(H,30,31)(H,32,33). The quantitative estimate of drug-likeness (QED) is 0.116. The minimum Gasteiger partial charge on any atom is -0.489 e. The second-order valence-corrected chi connectivity index (χ2v) is 10.5. The van der Waals surface area contributed by atoms with Crippen LogP contribution in [0.4, 0.5) is 24.5 Å². The van der Waals surface area contributed by atoms with E-state index in [0.717, 1.165) is 0 Å². The van der Waals surface area contributed by atoms with E-state index < -0.39 is 101 Å². The van der Waals surface area contributed by atoms with Crippen molar-refractivity contribution in [3.05, 3.63) is 64.7 Å². The molecule has 1 unspecified atom stereocenters. The normalized spacial score (nSPS) is 12.4. The molecule has 0 aliphatic rings. The van der Waals surface area contributed by atoms with Crippen molar-refractivity contribution in [3.63, 3.8) is 0 Å². The maximum Gasteiger partial charge on any atom is 0.523 e. The highest BCUT2D eigenvalue weighted by atomic mass is 35.5. The molecule has 0 saturated heterocycles. The van der Waals surface area contributed by atoms with Gasteiger partial charge in [0.05, 0.1) is 21.0 Å². The predicted molar refractivity (Wildman–Crippen MR) is 140 cm³/mol. The fourth-order valence-corrected chi connectivity index (χ4v) is 4.87. The third-order valence-electron chi connectivity index (χ3n) is 5.52. The van der Waals surface area contributed by atoms with Crippen molar-refractivity contribution >= 4 is 56.6 Å². The van der Waals surface area contributed by atoms with Crippen LogP contribution in [0, 0.1) is 20.2 Å². The van der Waals surface area contributed by atoms with Gasteiger partial charge in [0.1, 0.15) is 30.8 Å². The molecule has 21 heteroatoms. The third kappa shape index (κ3) is 7.72. The molecule has 0 aliphatic carbocycles. The van der Waals surface area contributed by atoms with Crippen LogP contribution in [0.3, 0.4) is 0 Å². The van der Waals surface area contributed by atoms with Crippen LogP contribution >= 0.6 is 23.2 Å². The number of nitro groups is 2. The van der Waals surface area contributed by atoms with Crippen LogP contribution in [0.2, 0.25) is 10.0 Å². The molecule has 0 fully saturated rings. The molecule has 0 aliphatic heterocycles. The lowest BCUT2D eigenvalue weighted by molar-refractivity contribution is -0.385. The van der Waals surface area contributed by atoms with Gasteiger partial charge in [0.25, 0.3) is 11.4 Å². The van der Waals surface area contributed by atoms with E-state index in [9.17, 15) is 61.6 Å². The first-order valence-electron chi connectivity index (χ1n) is 11.5. The van der Waals surface area contributed by atoms with Crippen molar-refractivity contribution in [1.82, 2.24) is 0 Å². The summed E-state index contributed by atoms with van der Waals surface area (Å²) >= 11 is 12.0. The summed E-state index contributed by atoms with van der Waals surface area (Å²) in [6, 6.07) is 1.22. The minimum atomic E-state index is -6.37. The van der Waals surface area contributed by atoms with E-state index >= 15 is 0 Å². The number of aromatic carboxylic acids is 2. The summed E-state index contributed by atoms with van der Waals surface area (Å²) in [5, 5.41) is 40.4. The first-order valence-corrected chi connectivity index (χ1v) is 13.7. The second-order valence-electron chi connectivity index (χ2n) is 8.20. The molecule has 0 bridgehead atoms. The Morgan fingerprint density at radius 3 is 1.95 bits per heavy atom. The molecule has 0 aromatic heterocycles. The number of alkyl halides is 3. The predicted octanol–water partition coefficient (Wildman–Crippen LogP) is 5.02. The SMILES string of the molecule is CCc1c(OCC(COc2cc(C(=O)O)cc([N+](=O)[O-])c2Cl)OS(=O)(=O)C(F)(F)F)c(Cl)c([N+](=O)[O-])c(CC)c1C(=O)O. The van der Waals surface area contributed by atoms with E-state index in [0.29, 0.717) is 12.1 Å². The van der Waals surface area contributed by atoms with Crippen LogP contribution in [0.1, 0.15) is 45.7 Å². The molecule has 0 spiro atoms. The Morgan fingerprint density at radius 2 is 1.51 bits per heavy atom. The van der Waals surface area contributed by atoms with Crippen LogP contribution in [-0.4, -0.2) is 65.2 Å². The number of halogens is 5. The highest BCUT2D eigenvalue weighted by Gasteiger charge is 2.49. The molecule has 236 valence electrons. The Labute approximate surface area is 249 Å². The molecule has 0 amide bonds. The second kappa shape index (κ2) is 13.6. The molecule has 0 heterocycles. The average Bonchev–Trinajstić information content (AvgIpc) is 2.88. The molecule has 2 aromatic rings. The average molecular weight is 679 g/mol. The Balaban J connectivity index is 2.62. The molecule has 43 heavy (non-hydrogen) atoms. The number of carboxylic acids is 2. The lowest BCUT2D eigenvalue weighted by Gasteiger charge is -2.22. The van der Waals surface area contributed by atoms with Gasteiger partial charge in [-0.25, -0.2) is 9.59 Å². The van der Waals surface area contributed by atoms with Gasteiger partial charge in [-0.2, -0.15) is 21.6 Å². The minimum absolute atomic E-state index is 0.170. The lowest BCUT2D eigenvalue weighted by Crippen LogP contribution is -2.36. The molecular formula is C22H19Cl2F3N2O13S. The monoisotopic (exact) mass is 678 g/mol. The molecule has 15 nitrogen and oxygen atoms in total. The maximum atomic E-state index is 13.1. The van der Waals surface area contributed by atoms with Crippen molar-refractivity contribution in [2.45, 2.75) is 38.3 Å². The number of carboxylic acid groups (broad SMARTS) is 2. The lowest BCUT2D eigenvalue weighted by atomic mass is 9.94. The fraction of sp³-hybridized carbons (Fsp3) is 0.364. The van der Waals surface area contributed by atoms with E-state index in [2.05, 4.69) is 4.18 Å². The molecular weight excluding hydrogens is 660 g/mol. The van der Waals surface area contributed by atoms with E-state index in [1.807, 2.05) is 0 Å². The first-order chi connectivity index (χ1) is 19.8. The molecule has 0 saturated carbocycles. The van der Waals surface area contributed by atoms with Gasteiger partial charge in [-0.1, -0.05) is 37.0 Å². The molecule has 2 rings (SSSR count). The van der Waals surface area contributed by atoms with E-state index in [-0.39, 0.29) is 24.0 Å². The van der Waals surface area contributed by atoms with Gasteiger partial charge in [-0.05, 0) is 18.9 Å². The molecule has 0 radical (unpaired) electrons. The Bertz CT molecular complexity index is 1580. The van der Waals surface area contributed by atoms with E-state index in [1.165, 1.54) is 13.8 Å². The van der Waals surface area contributed by atoms with Crippen molar-refractivity contribution in [3.8, 4) is 11.5 Å². The summed E-state index contributed by atoms with van der Waals surface area (Å²) in [6.45, 7) is 0.339. The van der Waals surface area contributed by atoms with Gasteiger partial charge in [0, 0.05) is 17.2 Å². The fourth-order valence-electron chi connectivity index (χ4n) is 3.71. The molecule has 2 N–H and O–H groups in total.